The smallest absolute Gasteiger partial charge is 0.155 e. The van der Waals surface area contributed by atoms with E-state index in [0.717, 1.165) is 23.8 Å². The largest absolute Gasteiger partial charge is 0.310 e. The molecule has 0 fully saturated rings. The fraction of sp³-hybridized carbons (Fsp3) is 0.625. The van der Waals surface area contributed by atoms with Crippen LogP contribution in [-0.4, -0.2) is 20.6 Å². The second kappa shape index (κ2) is 6.84. The summed E-state index contributed by atoms with van der Waals surface area (Å²) >= 11 is 0. The number of aromatic nitrogens is 3. The molecule has 0 radical (unpaired) electrons. The van der Waals surface area contributed by atoms with Gasteiger partial charge in [-0.25, -0.2) is 9.50 Å². The van der Waals surface area contributed by atoms with Gasteiger partial charge in [0.25, 0.3) is 0 Å². The van der Waals surface area contributed by atoms with Gasteiger partial charge in [0.15, 0.2) is 5.65 Å². The monoisotopic (exact) mass is 274 g/mol. The van der Waals surface area contributed by atoms with Crippen LogP contribution in [0.1, 0.15) is 51.3 Å². The maximum atomic E-state index is 4.43. The second-order valence-corrected chi connectivity index (χ2v) is 6.16. The summed E-state index contributed by atoms with van der Waals surface area (Å²) in [5.41, 5.74) is 3.09. The van der Waals surface area contributed by atoms with Crippen LogP contribution in [0.15, 0.2) is 18.5 Å². The van der Waals surface area contributed by atoms with E-state index < -0.39 is 0 Å². The third-order valence-corrected chi connectivity index (χ3v) is 3.56. The fourth-order valence-electron chi connectivity index (χ4n) is 2.35. The first kappa shape index (κ1) is 15.0. The van der Waals surface area contributed by atoms with Gasteiger partial charge < -0.3 is 5.32 Å². The Morgan fingerprint density at radius 2 is 2.05 bits per heavy atom. The molecule has 0 aromatic carbocycles. The molecule has 2 heterocycles. The van der Waals surface area contributed by atoms with E-state index in [4.69, 9.17) is 0 Å². The topological polar surface area (TPSA) is 42.2 Å². The second-order valence-electron chi connectivity index (χ2n) is 6.16. The first-order chi connectivity index (χ1) is 9.54. The normalized spacial score (nSPS) is 13.2. The number of aryl methyl sites for hydroxylation is 1. The summed E-state index contributed by atoms with van der Waals surface area (Å²) in [6.45, 7) is 9.66. The Balaban J connectivity index is 1.82. The van der Waals surface area contributed by atoms with E-state index in [1.165, 1.54) is 24.8 Å². The highest BCUT2D eigenvalue weighted by atomic mass is 15.2. The number of fused-ring (bicyclic) bond motifs is 1. The Kier molecular flexibility index (Phi) is 5.12. The standard InChI is InChI=1S/C16H26N4/c1-12(2)6-5-7-13(3)17-9-15-10-18-16-8-14(4)19-20(16)11-15/h8,10-13,17H,5-7,9H2,1-4H3. The summed E-state index contributed by atoms with van der Waals surface area (Å²) < 4.78 is 1.86. The van der Waals surface area contributed by atoms with Crippen LogP contribution in [0.4, 0.5) is 0 Å². The molecule has 1 atom stereocenters. The van der Waals surface area contributed by atoms with Crippen molar-refractivity contribution in [1.82, 2.24) is 19.9 Å². The van der Waals surface area contributed by atoms with E-state index in [2.05, 4.69) is 42.4 Å². The van der Waals surface area contributed by atoms with Gasteiger partial charge in [0, 0.05) is 36.6 Å². The summed E-state index contributed by atoms with van der Waals surface area (Å²) in [5, 5.41) is 7.96. The molecule has 0 aliphatic rings. The summed E-state index contributed by atoms with van der Waals surface area (Å²) in [5.74, 6) is 0.803. The first-order valence-corrected chi connectivity index (χ1v) is 7.59. The van der Waals surface area contributed by atoms with Crippen molar-refractivity contribution < 1.29 is 0 Å². The Bertz CT molecular complexity index is 544. The predicted octanol–water partition coefficient (Wildman–Crippen LogP) is 3.34. The lowest BCUT2D eigenvalue weighted by atomic mass is 10.0. The molecular weight excluding hydrogens is 248 g/mol. The highest BCUT2D eigenvalue weighted by Crippen LogP contribution is 2.09. The van der Waals surface area contributed by atoms with Crippen LogP contribution in [0.25, 0.3) is 5.65 Å². The summed E-state index contributed by atoms with van der Waals surface area (Å²) in [6.07, 6.45) is 7.83. The molecule has 0 spiro atoms. The van der Waals surface area contributed by atoms with E-state index >= 15 is 0 Å². The van der Waals surface area contributed by atoms with Crippen molar-refractivity contribution in [2.75, 3.05) is 0 Å². The molecule has 4 heteroatoms. The Morgan fingerprint density at radius 1 is 1.25 bits per heavy atom. The Labute approximate surface area is 121 Å². The molecule has 0 saturated carbocycles. The molecule has 0 aliphatic heterocycles. The SMILES string of the molecule is Cc1cc2ncc(CNC(C)CCCC(C)C)cn2n1. The summed E-state index contributed by atoms with van der Waals surface area (Å²) in [6, 6.07) is 2.54. The van der Waals surface area contributed by atoms with Gasteiger partial charge in [0.1, 0.15) is 0 Å². The zero-order valence-electron chi connectivity index (χ0n) is 13.1. The zero-order valence-corrected chi connectivity index (χ0v) is 13.1. The van der Waals surface area contributed by atoms with Crippen LogP contribution in [-0.2, 0) is 6.54 Å². The average Bonchev–Trinajstić information content (AvgIpc) is 2.75. The van der Waals surface area contributed by atoms with Gasteiger partial charge in [-0.15, -0.1) is 0 Å². The van der Waals surface area contributed by atoms with E-state index in [1.54, 1.807) is 0 Å². The van der Waals surface area contributed by atoms with Crippen molar-refractivity contribution in [1.29, 1.82) is 0 Å². The molecule has 1 unspecified atom stereocenters. The maximum absolute atomic E-state index is 4.43. The van der Waals surface area contributed by atoms with Crippen molar-refractivity contribution in [3.8, 4) is 0 Å². The highest BCUT2D eigenvalue weighted by molar-refractivity contribution is 5.38. The van der Waals surface area contributed by atoms with Gasteiger partial charge in [-0.3, -0.25) is 0 Å². The van der Waals surface area contributed by atoms with Crippen LogP contribution in [0, 0.1) is 12.8 Å². The maximum Gasteiger partial charge on any atom is 0.155 e. The minimum Gasteiger partial charge on any atom is -0.310 e. The van der Waals surface area contributed by atoms with Gasteiger partial charge in [0.05, 0.1) is 5.69 Å². The quantitative estimate of drug-likeness (QED) is 0.842. The van der Waals surface area contributed by atoms with Crippen molar-refractivity contribution in [3.63, 3.8) is 0 Å². The lowest BCUT2D eigenvalue weighted by Crippen LogP contribution is -2.25. The molecule has 1 N–H and O–H groups in total. The minimum atomic E-state index is 0.545. The van der Waals surface area contributed by atoms with Gasteiger partial charge in [-0.2, -0.15) is 5.10 Å². The van der Waals surface area contributed by atoms with Crippen molar-refractivity contribution in [3.05, 3.63) is 29.7 Å². The van der Waals surface area contributed by atoms with Crippen LogP contribution in [0.3, 0.4) is 0 Å². The molecular formula is C16H26N4. The minimum absolute atomic E-state index is 0.545. The van der Waals surface area contributed by atoms with Gasteiger partial charge in [0.2, 0.25) is 0 Å². The zero-order chi connectivity index (χ0) is 14.5. The van der Waals surface area contributed by atoms with E-state index in [1.807, 2.05) is 23.7 Å². The number of nitrogens with zero attached hydrogens (tertiary/aromatic N) is 3. The lowest BCUT2D eigenvalue weighted by molar-refractivity contribution is 0.456. The van der Waals surface area contributed by atoms with Crippen LogP contribution >= 0.6 is 0 Å². The molecule has 0 amide bonds. The fourth-order valence-corrected chi connectivity index (χ4v) is 2.35. The van der Waals surface area contributed by atoms with Crippen molar-refractivity contribution in [2.45, 2.75) is 59.5 Å². The predicted molar refractivity (Wildman–Crippen MR) is 82.7 cm³/mol. The van der Waals surface area contributed by atoms with Crippen LogP contribution in [0.5, 0.6) is 0 Å². The molecule has 2 rings (SSSR count). The number of hydrogen-bond donors (Lipinski definition) is 1. The van der Waals surface area contributed by atoms with E-state index in [-0.39, 0.29) is 0 Å². The van der Waals surface area contributed by atoms with E-state index in [9.17, 15) is 0 Å². The third kappa shape index (κ3) is 4.30. The molecule has 0 aliphatic carbocycles. The number of nitrogens with one attached hydrogen (secondary N) is 1. The third-order valence-electron chi connectivity index (χ3n) is 3.56. The molecule has 110 valence electrons. The molecule has 0 saturated heterocycles. The number of rotatable bonds is 7. The van der Waals surface area contributed by atoms with Crippen LogP contribution in [0.2, 0.25) is 0 Å². The lowest BCUT2D eigenvalue weighted by Gasteiger charge is -2.14. The van der Waals surface area contributed by atoms with Crippen LogP contribution < -0.4 is 5.32 Å². The Morgan fingerprint density at radius 3 is 2.80 bits per heavy atom. The molecule has 2 aromatic heterocycles. The molecule has 0 bridgehead atoms. The number of hydrogen-bond acceptors (Lipinski definition) is 3. The van der Waals surface area contributed by atoms with Gasteiger partial charge in [-0.05, 0) is 26.2 Å². The highest BCUT2D eigenvalue weighted by Gasteiger charge is 2.04. The molecule has 2 aromatic rings. The molecule has 4 nitrogen and oxygen atoms in total. The summed E-state index contributed by atoms with van der Waals surface area (Å²) in [7, 11) is 0. The van der Waals surface area contributed by atoms with Crippen molar-refractivity contribution in [2.24, 2.45) is 5.92 Å². The summed E-state index contributed by atoms with van der Waals surface area (Å²) in [4.78, 5) is 4.43. The average molecular weight is 274 g/mol. The first-order valence-electron chi connectivity index (χ1n) is 7.59. The van der Waals surface area contributed by atoms with E-state index in [0.29, 0.717) is 6.04 Å². The van der Waals surface area contributed by atoms with Gasteiger partial charge in [-0.1, -0.05) is 26.7 Å². The molecule has 20 heavy (non-hydrogen) atoms. The van der Waals surface area contributed by atoms with Crippen molar-refractivity contribution >= 4 is 5.65 Å². The van der Waals surface area contributed by atoms with Gasteiger partial charge >= 0.3 is 0 Å². The Hall–Kier alpha value is -1.42.